The summed E-state index contributed by atoms with van der Waals surface area (Å²) in [6.07, 6.45) is 2.61. The molecule has 0 fully saturated rings. The van der Waals surface area contributed by atoms with Gasteiger partial charge in [-0.2, -0.15) is 0 Å². The number of carbonyl (C=O) groups is 1. The highest BCUT2D eigenvalue weighted by Crippen LogP contribution is 2.26. The van der Waals surface area contributed by atoms with Crippen LogP contribution in [0.2, 0.25) is 0 Å². The van der Waals surface area contributed by atoms with E-state index in [1.54, 1.807) is 19.2 Å². The van der Waals surface area contributed by atoms with Gasteiger partial charge in [-0.25, -0.2) is 4.39 Å². The van der Waals surface area contributed by atoms with Crippen molar-refractivity contribution >= 4 is 27.7 Å². The van der Waals surface area contributed by atoms with E-state index in [-0.39, 0.29) is 11.7 Å². The Hall–Kier alpha value is -3.28. The van der Waals surface area contributed by atoms with E-state index < -0.39 is 0 Å². The van der Waals surface area contributed by atoms with Crippen LogP contribution in [0.4, 0.5) is 4.39 Å². The minimum Gasteiger partial charge on any atom is -0.497 e. The molecule has 2 N–H and O–H groups in total. The number of nitrogens with zero attached hydrogens (tertiary/aromatic N) is 1. The van der Waals surface area contributed by atoms with Crippen LogP contribution in [0.5, 0.6) is 5.75 Å². The molecule has 1 amide bonds. The average Bonchev–Trinajstić information content (AvgIpc) is 3.16. The first-order valence-corrected chi connectivity index (χ1v) is 9.16. The maximum Gasteiger partial charge on any atom is 0.253 e. The van der Waals surface area contributed by atoms with Crippen molar-refractivity contribution in [3.63, 3.8) is 0 Å². The van der Waals surface area contributed by atoms with E-state index in [0.29, 0.717) is 24.3 Å². The summed E-state index contributed by atoms with van der Waals surface area (Å²) in [4.78, 5) is 16.1. The number of H-pyrrole nitrogens is 1. The number of hydrogen-bond acceptors (Lipinski definition) is 2. The number of amides is 1. The highest BCUT2D eigenvalue weighted by atomic mass is 19.1. The maximum absolute atomic E-state index is 13.6. The van der Waals surface area contributed by atoms with Crippen molar-refractivity contribution in [1.82, 2.24) is 14.9 Å². The van der Waals surface area contributed by atoms with Crippen LogP contribution < -0.4 is 10.1 Å². The van der Waals surface area contributed by atoms with Crippen molar-refractivity contribution in [2.75, 3.05) is 13.7 Å². The molecule has 0 radical (unpaired) electrons. The number of fused-ring (bicyclic) bond motifs is 2. The maximum atomic E-state index is 13.6. The fourth-order valence-electron chi connectivity index (χ4n) is 3.77. The third-order valence-electron chi connectivity index (χ3n) is 5.13. The summed E-state index contributed by atoms with van der Waals surface area (Å²) in [5.74, 6) is 0.314. The Labute approximate surface area is 162 Å². The van der Waals surface area contributed by atoms with E-state index in [1.807, 2.05) is 42.9 Å². The first-order chi connectivity index (χ1) is 13.5. The Kier molecular flexibility index (Phi) is 4.55. The summed E-state index contributed by atoms with van der Waals surface area (Å²) in [5, 5.41) is 4.70. The minimum atomic E-state index is -0.257. The topological polar surface area (TPSA) is 59.1 Å². The van der Waals surface area contributed by atoms with Gasteiger partial charge in [0.1, 0.15) is 11.6 Å². The van der Waals surface area contributed by atoms with Crippen molar-refractivity contribution in [3.05, 3.63) is 65.2 Å². The Morgan fingerprint density at radius 2 is 2.04 bits per heavy atom. The van der Waals surface area contributed by atoms with Crippen molar-refractivity contribution in [2.45, 2.75) is 13.3 Å². The number of nitrogens with one attached hydrogen (secondary N) is 2. The van der Waals surface area contributed by atoms with Crippen LogP contribution in [-0.4, -0.2) is 29.1 Å². The zero-order chi connectivity index (χ0) is 19.8. The third-order valence-corrected chi connectivity index (χ3v) is 5.13. The summed E-state index contributed by atoms with van der Waals surface area (Å²) < 4.78 is 20.9. The van der Waals surface area contributed by atoms with Gasteiger partial charge in [0, 0.05) is 47.3 Å². The molecule has 2 aromatic heterocycles. The number of hydrogen-bond donors (Lipinski definition) is 2. The fourth-order valence-corrected chi connectivity index (χ4v) is 3.77. The smallest absolute Gasteiger partial charge is 0.253 e. The quantitative estimate of drug-likeness (QED) is 0.549. The molecule has 0 aliphatic carbocycles. The lowest BCUT2D eigenvalue weighted by atomic mass is 10.1. The number of carbonyl (C=O) groups excluding carboxylic acids is 1. The van der Waals surface area contributed by atoms with Crippen molar-refractivity contribution in [3.8, 4) is 5.75 Å². The van der Waals surface area contributed by atoms with E-state index >= 15 is 0 Å². The Morgan fingerprint density at radius 3 is 2.82 bits per heavy atom. The molecular weight excluding hydrogens is 357 g/mol. The van der Waals surface area contributed by atoms with Crippen LogP contribution >= 0.6 is 0 Å². The molecule has 5 nitrogen and oxygen atoms in total. The largest absolute Gasteiger partial charge is 0.497 e. The summed E-state index contributed by atoms with van der Waals surface area (Å²) in [6, 6.07) is 10.4. The number of aromatic amines is 1. The van der Waals surface area contributed by atoms with E-state index in [0.717, 1.165) is 33.1 Å². The Bertz CT molecular complexity index is 1190. The fraction of sp³-hybridized carbons (Fsp3) is 0.227. The lowest BCUT2D eigenvalue weighted by Crippen LogP contribution is -2.26. The van der Waals surface area contributed by atoms with Crippen LogP contribution in [0, 0.1) is 12.7 Å². The third kappa shape index (κ3) is 3.11. The van der Waals surface area contributed by atoms with Crippen molar-refractivity contribution in [2.24, 2.45) is 7.05 Å². The van der Waals surface area contributed by atoms with Gasteiger partial charge in [0.25, 0.3) is 5.91 Å². The summed E-state index contributed by atoms with van der Waals surface area (Å²) in [5.41, 5.74) is 4.32. The molecule has 0 aliphatic rings. The van der Waals surface area contributed by atoms with Crippen molar-refractivity contribution in [1.29, 1.82) is 0 Å². The molecule has 0 bridgehead atoms. The average molecular weight is 379 g/mol. The number of methoxy groups -OCH3 is 1. The lowest BCUT2D eigenvalue weighted by molar-refractivity contribution is 0.0955. The van der Waals surface area contributed by atoms with Crippen molar-refractivity contribution < 1.29 is 13.9 Å². The van der Waals surface area contributed by atoms with Gasteiger partial charge >= 0.3 is 0 Å². The number of rotatable bonds is 5. The van der Waals surface area contributed by atoms with Crippen LogP contribution in [0.3, 0.4) is 0 Å². The predicted molar refractivity (Wildman–Crippen MR) is 109 cm³/mol. The van der Waals surface area contributed by atoms with Gasteiger partial charge in [-0.3, -0.25) is 4.79 Å². The molecule has 2 aromatic carbocycles. The zero-order valence-corrected chi connectivity index (χ0v) is 16.1. The molecule has 0 saturated heterocycles. The number of benzene rings is 2. The molecule has 0 saturated carbocycles. The highest BCUT2D eigenvalue weighted by molar-refractivity contribution is 6.08. The molecule has 0 unspecified atom stereocenters. The number of aryl methyl sites for hydroxylation is 2. The molecule has 2 heterocycles. The van der Waals surface area contributed by atoms with E-state index in [4.69, 9.17) is 4.74 Å². The molecule has 4 aromatic rings. The van der Waals surface area contributed by atoms with Gasteiger partial charge in [0.05, 0.1) is 12.7 Å². The molecule has 4 rings (SSSR count). The summed E-state index contributed by atoms with van der Waals surface area (Å²) >= 11 is 0. The summed E-state index contributed by atoms with van der Waals surface area (Å²) in [7, 11) is 3.54. The zero-order valence-electron chi connectivity index (χ0n) is 16.1. The van der Waals surface area contributed by atoms with E-state index in [9.17, 15) is 9.18 Å². The lowest BCUT2D eigenvalue weighted by Gasteiger charge is -2.06. The number of aromatic nitrogens is 2. The van der Waals surface area contributed by atoms with Gasteiger partial charge in [-0.1, -0.05) is 0 Å². The van der Waals surface area contributed by atoms with Crippen LogP contribution in [-0.2, 0) is 13.5 Å². The van der Waals surface area contributed by atoms with Gasteiger partial charge in [-0.05, 0) is 55.3 Å². The first kappa shape index (κ1) is 18.1. The molecule has 0 atom stereocenters. The number of halogens is 1. The molecule has 6 heteroatoms. The summed E-state index contributed by atoms with van der Waals surface area (Å²) in [6.45, 7) is 2.35. The second-order valence-corrected chi connectivity index (χ2v) is 6.97. The second-order valence-electron chi connectivity index (χ2n) is 6.97. The molecular formula is C22H22FN3O2. The van der Waals surface area contributed by atoms with Gasteiger partial charge in [-0.15, -0.1) is 0 Å². The van der Waals surface area contributed by atoms with E-state index in [1.165, 1.54) is 6.07 Å². The number of ether oxygens (including phenoxy) is 1. The SMILES string of the molecule is COc1ccc2[nH]c(C)c(C(=O)NCCc3cn(C)c4ccc(F)cc34)c2c1. The normalized spacial score (nSPS) is 11.3. The standard InChI is InChI=1S/C22H22FN3O2/c1-13-21(18-11-16(28-3)5-6-19(18)25-13)22(27)24-9-8-14-12-26(2)20-7-4-15(23)10-17(14)20/h4-7,10-12,25H,8-9H2,1-3H3,(H,24,27). The molecule has 0 aliphatic heterocycles. The highest BCUT2D eigenvalue weighted by Gasteiger charge is 2.17. The van der Waals surface area contributed by atoms with Crippen LogP contribution in [0.25, 0.3) is 21.8 Å². The minimum absolute atomic E-state index is 0.136. The monoisotopic (exact) mass is 379 g/mol. The second kappa shape index (κ2) is 7.03. The first-order valence-electron chi connectivity index (χ1n) is 9.16. The van der Waals surface area contributed by atoms with Crippen LogP contribution in [0.15, 0.2) is 42.6 Å². The predicted octanol–water partition coefficient (Wildman–Crippen LogP) is 4.09. The molecule has 0 spiro atoms. The van der Waals surface area contributed by atoms with Gasteiger partial charge in [0.2, 0.25) is 0 Å². The van der Waals surface area contributed by atoms with E-state index in [2.05, 4.69) is 10.3 Å². The Balaban J connectivity index is 1.53. The van der Waals surface area contributed by atoms with Gasteiger partial charge < -0.3 is 19.6 Å². The van der Waals surface area contributed by atoms with Gasteiger partial charge in [0.15, 0.2) is 0 Å². The Morgan fingerprint density at radius 1 is 1.21 bits per heavy atom. The molecule has 28 heavy (non-hydrogen) atoms. The van der Waals surface area contributed by atoms with Crippen LogP contribution in [0.1, 0.15) is 21.6 Å². The molecule has 144 valence electrons.